The van der Waals surface area contributed by atoms with Gasteiger partial charge in [0.05, 0.1) is 23.9 Å². The van der Waals surface area contributed by atoms with E-state index in [4.69, 9.17) is 9.57 Å². The number of hydrogen-bond acceptors (Lipinski definition) is 5. The molecule has 0 atom stereocenters. The molecule has 2 heterocycles. The molecule has 2 aromatic rings. The molecule has 10 heteroatoms. The Morgan fingerprint density at radius 1 is 1.23 bits per heavy atom. The van der Waals surface area contributed by atoms with E-state index in [2.05, 4.69) is 16.7 Å². The van der Waals surface area contributed by atoms with Crippen LogP contribution in [0.4, 0.5) is 17.6 Å². The Bertz CT molecular complexity index is 968. The van der Waals surface area contributed by atoms with Crippen molar-refractivity contribution in [2.24, 2.45) is 11.1 Å². The fourth-order valence-electron chi connectivity index (χ4n) is 2.89. The minimum absolute atomic E-state index is 0.0905. The predicted octanol–water partition coefficient (Wildman–Crippen LogP) is 3.83. The number of methoxy groups -OCH3 is 1. The summed E-state index contributed by atoms with van der Waals surface area (Å²) in [5.74, 6) is -1.66. The van der Waals surface area contributed by atoms with Crippen LogP contribution in [-0.2, 0) is 11.0 Å². The second kappa shape index (κ2) is 8.52. The molecule has 0 unspecified atom stereocenters. The lowest BCUT2D eigenvalue weighted by Crippen LogP contribution is -2.53. The van der Waals surface area contributed by atoms with Gasteiger partial charge in [-0.15, -0.1) is 0 Å². The van der Waals surface area contributed by atoms with Crippen molar-refractivity contribution in [2.75, 3.05) is 20.2 Å². The molecular weight excluding hydrogens is 406 g/mol. The number of carbonyl (C=O) groups excluding carboxylic acids is 1. The fourth-order valence-corrected chi connectivity index (χ4v) is 2.89. The lowest BCUT2D eigenvalue weighted by Gasteiger charge is -2.39. The third-order valence-corrected chi connectivity index (χ3v) is 4.50. The maximum Gasteiger partial charge on any atom is 0.416 e. The number of rotatable bonds is 6. The van der Waals surface area contributed by atoms with Crippen molar-refractivity contribution in [3.05, 3.63) is 66.3 Å². The van der Waals surface area contributed by atoms with Crippen LogP contribution in [0.15, 0.2) is 60.3 Å². The first-order chi connectivity index (χ1) is 14.2. The van der Waals surface area contributed by atoms with Gasteiger partial charge in [-0.05, 0) is 30.3 Å². The van der Waals surface area contributed by atoms with Crippen molar-refractivity contribution in [1.82, 2.24) is 9.88 Å². The summed E-state index contributed by atoms with van der Waals surface area (Å²) in [4.78, 5) is 22.3. The van der Waals surface area contributed by atoms with Crippen LogP contribution >= 0.6 is 0 Å². The maximum absolute atomic E-state index is 13.1. The Kier molecular flexibility index (Phi) is 6.04. The number of benzene rings is 1. The quantitative estimate of drug-likeness (QED) is 0.307. The molecule has 1 amide bonds. The lowest BCUT2D eigenvalue weighted by atomic mass is 9.90. The number of aromatic nitrogens is 1. The van der Waals surface area contributed by atoms with E-state index in [1.54, 1.807) is 6.07 Å². The Hall–Kier alpha value is -3.43. The summed E-state index contributed by atoms with van der Waals surface area (Å²) in [6, 6.07) is 5.66. The van der Waals surface area contributed by atoms with Crippen molar-refractivity contribution in [2.45, 2.75) is 6.18 Å². The van der Waals surface area contributed by atoms with Gasteiger partial charge in [0.25, 0.3) is 5.91 Å². The van der Waals surface area contributed by atoms with Gasteiger partial charge in [0.1, 0.15) is 5.75 Å². The topological polar surface area (TPSA) is 64.0 Å². The molecule has 0 bridgehead atoms. The number of pyridine rings is 1. The molecule has 1 aliphatic rings. The van der Waals surface area contributed by atoms with E-state index in [1.807, 2.05) is 0 Å². The van der Waals surface area contributed by atoms with E-state index in [1.165, 1.54) is 24.4 Å². The van der Waals surface area contributed by atoms with E-state index >= 15 is 0 Å². The summed E-state index contributed by atoms with van der Waals surface area (Å²) >= 11 is 0. The zero-order valence-electron chi connectivity index (χ0n) is 15.8. The van der Waals surface area contributed by atoms with Crippen molar-refractivity contribution in [3.8, 4) is 11.5 Å². The molecule has 0 N–H and O–H groups in total. The fraction of sp³-hybridized carbons (Fsp3) is 0.250. The number of alkyl halides is 3. The second-order valence-electron chi connectivity index (χ2n) is 6.48. The van der Waals surface area contributed by atoms with Gasteiger partial charge in [-0.25, -0.2) is 4.39 Å². The first kappa shape index (κ1) is 21.3. The van der Waals surface area contributed by atoms with E-state index in [0.29, 0.717) is 17.0 Å². The average molecular weight is 423 g/mol. The van der Waals surface area contributed by atoms with Gasteiger partial charge in [-0.1, -0.05) is 11.7 Å². The molecule has 30 heavy (non-hydrogen) atoms. The number of hydrogen-bond donors (Lipinski definition) is 0. The summed E-state index contributed by atoms with van der Waals surface area (Å²) in [5, 5.41) is 4.09. The highest BCUT2D eigenvalue weighted by Crippen LogP contribution is 2.31. The van der Waals surface area contributed by atoms with Crippen molar-refractivity contribution < 1.29 is 31.9 Å². The number of halogens is 4. The maximum atomic E-state index is 13.1. The molecule has 3 rings (SSSR count). The number of nitrogens with zero attached hydrogens (tertiary/aromatic N) is 3. The van der Waals surface area contributed by atoms with Crippen molar-refractivity contribution >= 4 is 11.6 Å². The van der Waals surface area contributed by atoms with E-state index in [0.717, 1.165) is 24.3 Å². The zero-order valence-corrected chi connectivity index (χ0v) is 15.8. The normalized spacial score (nSPS) is 14.8. The van der Waals surface area contributed by atoms with Gasteiger partial charge in [-0.2, -0.15) is 13.2 Å². The first-order valence-electron chi connectivity index (χ1n) is 8.75. The minimum atomic E-state index is -4.46. The van der Waals surface area contributed by atoms with Crippen LogP contribution in [0, 0.1) is 5.92 Å². The number of ether oxygens (including phenoxy) is 1. The van der Waals surface area contributed by atoms with Gasteiger partial charge in [0.2, 0.25) is 0 Å². The Balaban J connectivity index is 1.85. The van der Waals surface area contributed by atoms with E-state index in [-0.39, 0.29) is 24.8 Å². The molecule has 1 aromatic heterocycles. The van der Waals surface area contributed by atoms with Crippen LogP contribution < -0.4 is 9.57 Å². The third-order valence-electron chi connectivity index (χ3n) is 4.50. The van der Waals surface area contributed by atoms with Gasteiger partial charge >= 0.3 is 6.18 Å². The highest BCUT2D eigenvalue weighted by atomic mass is 19.4. The van der Waals surface area contributed by atoms with Gasteiger partial charge < -0.3 is 14.5 Å². The summed E-state index contributed by atoms with van der Waals surface area (Å²) in [6.45, 7) is 3.31. The number of amides is 1. The smallest absolute Gasteiger partial charge is 0.416 e. The molecule has 1 fully saturated rings. The molecule has 0 saturated carbocycles. The van der Waals surface area contributed by atoms with Crippen LogP contribution in [-0.4, -0.2) is 41.7 Å². The van der Waals surface area contributed by atoms with Crippen LogP contribution in [0.1, 0.15) is 11.1 Å². The monoisotopic (exact) mass is 423 g/mol. The van der Waals surface area contributed by atoms with E-state index in [9.17, 15) is 22.4 Å². The van der Waals surface area contributed by atoms with Gasteiger partial charge in [-0.3, -0.25) is 9.78 Å². The Labute approximate surface area is 169 Å². The van der Waals surface area contributed by atoms with Gasteiger partial charge in [0, 0.05) is 31.4 Å². The molecule has 1 aliphatic heterocycles. The highest BCUT2D eigenvalue weighted by Gasteiger charge is 2.37. The molecule has 1 saturated heterocycles. The largest absolute Gasteiger partial charge is 0.496 e. The van der Waals surface area contributed by atoms with Crippen LogP contribution in [0.25, 0.3) is 0 Å². The molecule has 1 aromatic carbocycles. The summed E-state index contributed by atoms with van der Waals surface area (Å²) in [7, 11) is 1.46. The lowest BCUT2D eigenvalue weighted by molar-refractivity contribution is -0.137. The molecule has 6 nitrogen and oxygen atoms in total. The van der Waals surface area contributed by atoms with Crippen LogP contribution in [0.5, 0.6) is 11.5 Å². The molecule has 158 valence electrons. The van der Waals surface area contributed by atoms with E-state index < -0.39 is 23.5 Å². The zero-order chi connectivity index (χ0) is 21.9. The standard InChI is InChI=1S/C20H17F4N3O3/c1-12(21)19(28)27-10-13(11-27)18(16-9-25-8-7-17(16)29-2)26-30-15-5-3-14(4-6-15)20(22,23)24/h3-9,13H,1,10-11H2,2H3. The molecule has 0 spiro atoms. The average Bonchev–Trinajstić information content (AvgIpc) is 2.68. The molecular formula is C20H17F4N3O3. The van der Waals surface area contributed by atoms with Crippen LogP contribution in [0.3, 0.4) is 0 Å². The number of oxime groups is 1. The van der Waals surface area contributed by atoms with Crippen molar-refractivity contribution in [1.29, 1.82) is 0 Å². The molecule has 0 aliphatic carbocycles. The van der Waals surface area contributed by atoms with Gasteiger partial charge in [0.15, 0.2) is 11.6 Å². The summed E-state index contributed by atoms with van der Waals surface area (Å²) in [6.07, 6.45) is -1.45. The predicted molar refractivity (Wildman–Crippen MR) is 99.7 cm³/mol. The minimum Gasteiger partial charge on any atom is -0.496 e. The number of likely N-dealkylation sites (tertiary alicyclic amines) is 1. The summed E-state index contributed by atoms with van der Waals surface area (Å²) < 4.78 is 56.5. The highest BCUT2D eigenvalue weighted by molar-refractivity contribution is 6.05. The Morgan fingerprint density at radius 3 is 2.47 bits per heavy atom. The Morgan fingerprint density at radius 2 is 1.90 bits per heavy atom. The first-order valence-corrected chi connectivity index (χ1v) is 8.75. The third kappa shape index (κ3) is 4.58. The number of carbonyl (C=O) groups is 1. The molecule has 0 radical (unpaired) electrons. The SMILES string of the molecule is C=C(F)C(=O)N1CC(C(=NOc2ccc(C(F)(F)F)cc2)c2cnccc2OC)C1. The van der Waals surface area contributed by atoms with Crippen molar-refractivity contribution in [3.63, 3.8) is 0 Å². The summed E-state index contributed by atoms with van der Waals surface area (Å²) in [5.41, 5.74) is 0.0454. The second-order valence-corrected chi connectivity index (χ2v) is 6.48. The van der Waals surface area contributed by atoms with Crippen LogP contribution in [0.2, 0.25) is 0 Å².